The first kappa shape index (κ1) is 22.8. The van der Waals surface area contributed by atoms with E-state index in [2.05, 4.69) is 5.32 Å². The molecule has 0 unspecified atom stereocenters. The van der Waals surface area contributed by atoms with Gasteiger partial charge in [-0.25, -0.2) is 14.1 Å². The van der Waals surface area contributed by atoms with Gasteiger partial charge < -0.3 is 10.1 Å². The van der Waals surface area contributed by atoms with E-state index in [9.17, 15) is 23.6 Å². The number of hydrogen-bond donors (Lipinski definition) is 1. The van der Waals surface area contributed by atoms with Crippen LogP contribution in [0.4, 0.5) is 10.1 Å². The van der Waals surface area contributed by atoms with E-state index in [1.165, 1.54) is 42.5 Å². The average molecular weight is 460 g/mol. The van der Waals surface area contributed by atoms with E-state index >= 15 is 0 Å². The zero-order valence-electron chi connectivity index (χ0n) is 18.6. The molecule has 3 aromatic carbocycles. The number of amides is 3. The smallest absolute Gasteiger partial charge is 0.338 e. The van der Waals surface area contributed by atoms with Crippen LogP contribution in [0.3, 0.4) is 0 Å². The van der Waals surface area contributed by atoms with Gasteiger partial charge in [-0.1, -0.05) is 24.3 Å². The molecule has 1 heterocycles. The van der Waals surface area contributed by atoms with Gasteiger partial charge in [-0.15, -0.1) is 0 Å². The summed E-state index contributed by atoms with van der Waals surface area (Å²) in [4.78, 5) is 51.4. The van der Waals surface area contributed by atoms with Crippen molar-refractivity contribution in [3.63, 3.8) is 0 Å². The number of aryl methyl sites for hydroxylation is 2. The van der Waals surface area contributed by atoms with Crippen LogP contribution in [0.5, 0.6) is 0 Å². The van der Waals surface area contributed by atoms with Crippen LogP contribution in [0.15, 0.2) is 60.7 Å². The molecule has 0 radical (unpaired) electrons. The summed E-state index contributed by atoms with van der Waals surface area (Å²) in [6.45, 7) is 3.30. The van der Waals surface area contributed by atoms with Crippen LogP contribution < -0.4 is 10.2 Å². The number of rotatable bonds is 6. The lowest BCUT2D eigenvalue weighted by Gasteiger charge is -2.17. The first-order valence-corrected chi connectivity index (χ1v) is 10.5. The molecule has 172 valence electrons. The fraction of sp³-hybridized carbons (Fsp3) is 0.154. The number of halogens is 1. The SMILES string of the molecule is Cc1ccc(C)c(N2C(=O)c3ccc(C(=O)OCC(=O)NCc4ccc(F)cc4)cc3C2=O)c1. The minimum atomic E-state index is -0.801. The fourth-order valence-electron chi connectivity index (χ4n) is 3.62. The van der Waals surface area contributed by atoms with Gasteiger partial charge in [0.2, 0.25) is 0 Å². The maximum atomic E-state index is 13.0. The van der Waals surface area contributed by atoms with Crippen molar-refractivity contribution in [3.05, 3.63) is 99.9 Å². The van der Waals surface area contributed by atoms with E-state index in [0.29, 0.717) is 11.3 Å². The minimum absolute atomic E-state index is 0.0500. The second kappa shape index (κ2) is 9.27. The van der Waals surface area contributed by atoms with E-state index in [1.807, 2.05) is 26.0 Å². The molecule has 3 amide bonds. The van der Waals surface area contributed by atoms with E-state index in [-0.39, 0.29) is 29.1 Å². The molecule has 0 fully saturated rings. The van der Waals surface area contributed by atoms with Gasteiger partial charge >= 0.3 is 5.97 Å². The molecule has 0 saturated heterocycles. The zero-order valence-corrected chi connectivity index (χ0v) is 18.6. The van der Waals surface area contributed by atoms with Crippen LogP contribution in [0.2, 0.25) is 0 Å². The maximum absolute atomic E-state index is 13.0. The molecule has 0 saturated carbocycles. The number of esters is 1. The number of nitrogens with zero attached hydrogens (tertiary/aromatic N) is 1. The molecule has 1 N–H and O–H groups in total. The lowest BCUT2D eigenvalue weighted by atomic mass is 10.1. The van der Waals surface area contributed by atoms with Crippen molar-refractivity contribution in [2.75, 3.05) is 11.5 Å². The molecule has 8 heteroatoms. The molecule has 1 aliphatic heterocycles. The number of nitrogens with one attached hydrogen (secondary N) is 1. The largest absolute Gasteiger partial charge is 0.452 e. The van der Waals surface area contributed by atoms with Gasteiger partial charge in [0.15, 0.2) is 6.61 Å². The van der Waals surface area contributed by atoms with Crippen LogP contribution in [0, 0.1) is 19.7 Å². The molecular formula is C26H21FN2O5. The number of carbonyl (C=O) groups excluding carboxylic acids is 4. The Morgan fingerprint density at radius 1 is 0.912 bits per heavy atom. The molecule has 34 heavy (non-hydrogen) atoms. The zero-order chi connectivity index (χ0) is 24.4. The van der Waals surface area contributed by atoms with Crippen molar-refractivity contribution >= 4 is 29.4 Å². The first-order valence-electron chi connectivity index (χ1n) is 10.5. The summed E-state index contributed by atoms with van der Waals surface area (Å²) in [5.74, 6) is -2.71. The Hall–Kier alpha value is -4.33. The second-order valence-corrected chi connectivity index (χ2v) is 7.98. The lowest BCUT2D eigenvalue weighted by molar-refractivity contribution is -0.124. The lowest BCUT2D eigenvalue weighted by Crippen LogP contribution is -2.30. The number of ether oxygens (including phenoxy) is 1. The second-order valence-electron chi connectivity index (χ2n) is 7.98. The monoisotopic (exact) mass is 460 g/mol. The summed E-state index contributed by atoms with van der Waals surface area (Å²) >= 11 is 0. The third-order valence-corrected chi connectivity index (χ3v) is 5.47. The maximum Gasteiger partial charge on any atom is 0.338 e. The summed E-state index contributed by atoms with van der Waals surface area (Å²) in [5.41, 5.74) is 3.20. The van der Waals surface area contributed by atoms with Crippen molar-refractivity contribution in [3.8, 4) is 0 Å². The number of carbonyl (C=O) groups is 4. The average Bonchev–Trinajstić information content (AvgIpc) is 3.08. The number of benzene rings is 3. The summed E-state index contributed by atoms with van der Waals surface area (Å²) in [5, 5.41) is 2.57. The van der Waals surface area contributed by atoms with Crippen LogP contribution >= 0.6 is 0 Å². The number of fused-ring (bicyclic) bond motifs is 1. The van der Waals surface area contributed by atoms with E-state index in [1.54, 1.807) is 6.07 Å². The molecule has 3 aromatic rings. The quantitative estimate of drug-likeness (QED) is 0.447. The van der Waals surface area contributed by atoms with Crippen molar-refractivity contribution < 1.29 is 28.3 Å². The molecule has 7 nitrogen and oxygen atoms in total. The molecule has 0 spiro atoms. The summed E-state index contributed by atoms with van der Waals surface area (Å²) in [6.07, 6.45) is 0. The Balaban J connectivity index is 1.42. The number of anilines is 1. The highest BCUT2D eigenvalue weighted by Crippen LogP contribution is 2.31. The third-order valence-electron chi connectivity index (χ3n) is 5.47. The normalized spacial score (nSPS) is 12.5. The predicted molar refractivity (Wildman–Crippen MR) is 122 cm³/mol. The Morgan fingerprint density at radius 3 is 2.35 bits per heavy atom. The Labute approximate surface area is 195 Å². The van der Waals surface area contributed by atoms with Gasteiger partial charge in [0.25, 0.3) is 17.7 Å². The summed E-state index contributed by atoms with van der Waals surface area (Å²) in [6, 6.07) is 15.2. The standard InChI is InChI=1S/C26H21FN2O5/c1-15-3-4-16(2)22(11-15)29-24(31)20-10-7-18(12-21(20)25(29)32)26(33)34-14-23(30)28-13-17-5-8-19(27)9-6-17/h3-12H,13-14H2,1-2H3,(H,28,30). The number of imide groups is 1. The fourth-order valence-corrected chi connectivity index (χ4v) is 3.62. The van der Waals surface area contributed by atoms with Crippen LogP contribution in [0.1, 0.15) is 47.8 Å². The first-order chi connectivity index (χ1) is 16.2. The molecule has 0 aliphatic carbocycles. The van der Waals surface area contributed by atoms with Crippen molar-refractivity contribution in [1.29, 1.82) is 0 Å². The molecule has 0 atom stereocenters. The van der Waals surface area contributed by atoms with Gasteiger partial charge in [0, 0.05) is 6.54 Å². The number of hydrogen-bond acceptors (Lipinski definition) is 5. The van der Waals surface area contributed by atoms with Crippen LogP contribution in [-0.2, 0) is 16.1 Å². The van der Waals surface area contributed by atoms with Gasteiger partial charge in [0.05, 0.1) is 22.4 Å². The van der Waals surface area contributed by atoms with Gasteiger partial charge in [-0.2, -0.15) is 0 Å². The van der Waals surface area contributed by atoms with Crippen molar-refractivity contribution in [2.45, 2.75) is 20.4 Å². The van der Waals surface area contributed by atoms with Crippen molar-refractivity contribution in [2.24, 2.45) is 0 Å². The molecule has 1 aliphatic rings. The van der Waals surface area contributed by atoms with Crippen molar-refractivity contribution in [1.82, 2.24) is 5.32 Å². The highest BCUT2D eigenvalue weighted by Gasteiger charge is 2.38. The highest BCUT2D eigenvalue weighted by molar-refractivity contribution is 6.35. The Morgan fingerprint density at radius 2 is 1.62 bits per heavy atom. The predicted octanol–water partition coefficient (Wildman–Crippen LogP) is 3.72. The molecule has 0 bridgehead atoms. The minimum Gasteiger partial charge on any atom is -0.452 e. The van der Waals surface area contributed by atoms with E-state index in [4.69, 9.17) is 4.74 Å². The van der Waals surface area contributed by atoms with E-state index in [0.717, 1.165) is 16.0 Å². The molecule has 0 aromatic heterocycles. The highest BCUT2D eigenvalue weighted by atomic mass is 19.1. The summed E-state index contributed by atoms with van der Waals surface area (Å²) < 4.78 is 18.0. The molecule has 4 rings (SSSR count). The van der Waals surface area contributed by atoms with Gasteiger partial charge in [0.1, 0.15) is 5.82 Å². The third kappa shape index (κ3) is 4.56. The van der Waals surface area contributed by atoms with Gasteiger partial charge in [-0.3, -0.25) is 14.4 Å². The summed E-state index contributed by atoms with van der Waals surface area (Å²) in [7, 11) is 0. The molecular weight excluding hydrogens is 439 g/mol. The Bertz CT molecular complexity index is 1320. The van der Waals surface area contributed by atoms with Crippen LogP contribution in [0.25, 0.3) is 0 Å². The van der Waals surface area contributed by atoms with Crippen LogP contribution in [-0.4, -0.2) is 30.3 Å². The van der Waals surface area contributed by atoms with Gasteiger partial charge in [-0.05, 0) is 66.9 Å². The topological polar surface area (TPSA) is 92.8 Å². The van der Waals surface area contributed by atoms with E-state index < -0.39 is 30.3 Å². The Kier molecular flexibility index (Phi) is 6.23.